The van der Waals surface area contributed by atoms with Crippen molar-refractivity contribution in [3.63, 3.8) is 0 Å². The van der Waals surface area contributed by atoms with E-state index in [0.29, 0.717) is 36.3 Å². The Hall–Kier alpha value is -3.75. The molecule has 0 aliphatic carbocycles. The number of aromatic nitrogens is 1. The third-order valence-corrected chi connectivity index (χ3v) is 8.59. The fourth-order valence-electron chi connectivity index (χ4n) is 6.33. The number of nitrogens with zero attached hydrogens (tertiary/aromatic N) is 2. The average Bonchev–Trinajstić information content (AvgIpc) is 3.62. The van der Waals surface area contributed by atoms with E-state index in [9.17, 15) is 19.5 Å². The number of carboxylic acid groups (broad SMARTS) is 1. The number of hydrogen-bond acceptors (Lipinski definition) is 6. The zero-order chi connectivity index (χ0) is 28.2. The molecular weight excluding hydrogens is 508 g/mol. The summed E-state index contributed by atoms with van der Waals surface area (Å²) in [5.41, 5.74) is 2.75. The molecule has 5 atom stereocenters. The lowest BCUT2D eigenvalue weighted by Crippen LogP contribution is -2.43. The van der Waals surface area contributed by atoms with Gasteiger partial charge in [-0.05, 0) is 56.8 Å². The second-order valence-electron chi connectivity index (χ2n) is 10.9. The molecule has 4 heterocycles. The molecule has 3 unspecified atom stereocenters. The molecule has 8 nitrogen and oxygen atoms in total. The average molecular weight is 545 g/mol. The largest absolute Gasteiger partial charge is 0.481 e. The van der Waals surface area contributed by atoms with Gasteiger partial charge in [0.05, 0.1) is 18.2 Å². The third kappa shape index (κ3) is 5.74. The van der Waals surface area contributed by atoms with Gasteiger partial charge in [-0.15, -0.1) is 0 Å². The molecule has 2 saturated heterocycles. The van der Waals surface area contributed by atoms with Crippen molar-refractivity contribution in [2.75, 3.05) is 13.7 Å². The summed E-state index contributed by atoms with van der Waals surface area (Å²) in [5, 5.41) is 18.7. The minimum atomic E-state index is -0.824. The fourth-order valence-corrected chi connectivity index (χ4v) is 6.33. The molecule has 6 rings (SSSR count). The number of carbonyl (C=O) groups is 3. The SMILES string of the molecule is CN1[C@@H]2CC[C@H]1CC(OC(=O)C(CO)c1ccccc1)C2.O=C(c1ccccc1)c1ccc2n1CCC2C(=O)O. The van der Waals surface area contributed by atoms with Gasteiger partial charge in [-0.3, -0.25) is 14.4 Å². The van der Waals surface area contributed by atoms with Crippen LogP contribution >= 0.6 is 0 Å². The number of hydrogen-bond donors (Lipinski definition) is 2. The van der Waals surface area contributed by atoms with Crippen LogP contribution in [0.25, 0.3) is 0 Å². The molecule has 0 saturated carbocycles. The Bertz CT molecular complexity index is 1320. The summed E-state index contributed by atoms with van der Waals surface area (Å²) in [7, 11) is 2.17. The number of aliphatic hydroxyl groups excluding tert-OH is 1. The molecule has 0 radical (unpaired) electrons. The number of aliphatic carboxylic acids is 1. The number of piperidine rings is 1. The Balaban J connectivity index is 0.000000162. The van der Waals surface area contributed by atoms with E-state index >= 15 is 0 Å². The zero-order valence-electron chi connectivity index (χ0n) is 22.7. The maximum atomic E-state index is 12.4. The third-order valence-electron chi connectivity index (χ3n) is 8.59. The van der Waals surface area contributed by atoms with Crippen molar-refractivity contribution in [2.45, 2.75) is 68.7 Å². The molecule has 2 bridgehead atoms. The van der Waals surface area contributed by atoms with Gasteiger partial charge in [0.1, 0.15) is 12.0 Å². The Kier molecular flexibility index (Phi) is 8.47. The summed E-state index contributed by atoms with van der Waals surface area (Å²) in [6.07, 6.45) is 4.82. The molecule has 3 aliphatic rings. The molecule has 0 amide bonds. The van der Waals surface area contributed by atoms with E-state index in [1.54, 1.807) is 24.3 Å². The van der Waals surface area contributed by atoms with Crippen molar-refractivity contribution >= 4 is 17.7 Å². The number of ketones is 1. The Labute approximate surface area is 234 Å². The van der Waals surface area contributed by atoms with Gasteiger partial charge >= 0.3 is 11.9 Å². The van der Waals surface area contributed by atoms with Gasteiger partial charge in [-0.1, -0.05) is 60.7 Å². The first-order valence-electron chi connectivity index (χ1n) is 14.0. The summed E-state index contributed by atoms with van der Waals surface area (Å²) in [6, 6.07) is 23.0. The Morgan fingerprint density at radius 2 is 1.52 bits per heavy atom. The van der Waals surface area contributed by atoms with Crippen LogP contribution in [0.3, 0.4) is 0 Å². The molecular formula is C32H36N2O6. The highest BCUT2D eigenvalue weighted by molar-refractivity contribution is 6.08. The number of carboxylic acids is 1. The van der Waals surface area contributed by atoms with Crippen LogP contribution in [0.5, 0.6) is 0 Å². The van der Waals surface area contributed by atoms with E-state index in [2.05, 4.69) is 11.9 Å². The molecule has 2 fully saturated rings. The Morgan fingerprint density at radius 1 is 0.900 bits per heavy atom. The van der Waals surface area contributed by atoms with Gasteiger partial charge in [-0.2, -0.15) is 0 Å². The lowest BCUT2D eigenvalue weighted by molar-refractivity contribution is -0.155. The normalized spacial score (nSPS) is 23.9. The lowest BCUT2D eigenvalue weighted by atomic mass is 9.98. The van der Waals surface area contributed by atoms with Gasteiger partial charge in [0, 0.05) is 29.9 Å². The van der Waals surface area contributed by atoms with Crippen molar-refractivity contribution in [1.82, 2.24) is 9.47 Å². The molecule has 3 aliphatic heterocycles. The Morgan fingerprint density at radius 3 is 2.12 bits per heavy atom. The van der Waals surface area contributed by atoms with Crippen LogP contribution in [0.2, 0.25) is 0 Å². The number of fused-ring (bicyclic) bond motifs is 3. The fraction of sp³-hybridized carbons (Fsp3) is 0.406. The van der Waals surface area contributed by atoms with Gasteiger partial charge < -0.3 is 24.4 Å². The van der Waals surface area contributed by atoms with Crippen molar-refractivity contribution in [3.05, 3.63) is 95.3 Å². The smallest absolute Gasteiger partial charge is 0.316 e. The predicted octanol–water partition coefficient (Wildman–Crippen LogP) is 4.22. The molecule has 8 heteroatoms. The maximum absolute atomic E-state index is 12.4. The summed E-state index contributed by atoms with van der Waals surface area (Å²) in [6.45, 7) is 0.384. The first-order chi connectivity index (χ1) is 19.4. The quantitative estimate of drug-likeness (QED) is 0.339. The molecule has 210 valence electrons. The summed E-state index contributed by atoms with van der Waals surface area (Å²) in [5.74, 6) is -2.23. The van der Waals surface area contributed by atoms with Gasteiger partial charge in [0.2, 0.25) is 5.78 Å². The summed E-state index contributed by atoms with van der Waals surface area (Å²) in [4.78, 5) is 38.3. The molecule has 3 aromatic rings. The van der Waals surface area contributed by atoms with E-state index in [4.69, 9.17) is 9.84 Å². The van der Waals surface area contributed by atoms with Crippen LogP contribution in [-0.2, 0) is 20.9 Å². The number of aliphatic hydroxyl groups is 1. The molecule has 1 aromatic heterocycles. The van der Waals surface area contributed by atoms with E-state index in [0.717, 1.165) is 24.1 Å². The van der Waals surface area contributed by atoms with E-state index in [1.165, 1.54) is 12.8 Å². The van der Waals surface area contributed by atoms with E-state index < -0.39 is 17.8 Å². The molecule has 2 N–H and O–H groups in total. The predicted molar refractivity (Wildman–Crippen MR) is 149 cm³/mol. The highest BCUT2D eigenvalue weighted by atomic mass is 16.5. The molecule has 40 heavy (non-hydrogen) atoms. The second-order valence-corrected chi connectivity index (χ2v) is 10.9. The van der Waals surface area contributed by atoms with Crippen molar-refractivity contribution in [1.29, 1.82) is 0 Å². The van der Waals surface area contributed by atoms with Crippen LogP contribution in [0.4, 0.5) is 0 Å². The standard InChI is InChI=1S/C17H23NO3.C15H13NO3/c1-18-13-7-8-14(18)10-15(9-13)21-17(20)16(11-19)12-5-3-2-4-6-12;17-14(10-4-2-1-3-5-10)13-7-6-12-11(15(18)19)8-9-16(12)13/h2-6,13-16,19H,7-11H2,1H3;1-7,11H,8-9H2,(H,18,19)/t13-,14+,15?,16?;. The highest BCUT2D eigenvalue weighted by Crippen LogP contribution is 2.36. The molecule has 0 spiro atoms. The summed E-state index contributed by atoms with van der Waals surface area (Å²) < 4.78 is 7.53. The first kappa shape index (κ1) is 27.8. The van der Waals surface area contributed by atoms with Crippen molar-refractivity contribution in [3.8, 4) is 0 Å². The first-order valence-corrected chi connectivity index (χ1v) is 14.0. The van der Waals surface area contributed by atoms with Crippen LogP contribution < -0.4 is 0 Å². The maximum Gasteiger partial charge on any atom is 0.316 e. The van der Waals surface area contributed by atoms with Crippen LogP contribution in [0, 0.1) is 0 Å². The summed E-state index contributed by atoms with van der Waals surface area (Å²) >= 11 is 0. The number of rotatable bonds is 7. The van der Waals surface area contributed by atoms with Crippen molar-refractivity contribution < 1.29 is 29.3 Å². The minimum Gasteiger partial charge on any atom is -0.481 e. The van der Waals surface area contributed by atoms with Gasteiger partial charge in [0.15, 0.2) is 0 Å². The highest BCUT2D eigenvalue weighted by Gasteiger charge is 2.40. The zero-order valence-corrected chi connectivity index (χ0v) is 22.7. The number of carbonyl (C=O) groups excluding carboxylic acids is 2. The van der Waals surface area contributed by atoms with Gasteiger partial charge in [-0.25, -0.2) is 0 Å². The topological polar surface area (TPSA) is 109 Å². The van der Waals surface area contributed by atoms with Gasteiger partial charge in [0.25, 0.3) is 0 Å². The van der Waals surface area contributed by atoms with Crippen LogP contribution in [-0.4, -0.2) is 69.2 Å². The second kappa shape index (κ2) is 12.2. The lowest BCUT2D eigenvalue weighted by Gasteiger charge is -2.36. The number of benzene rings is 2. The van der Waals surface area contributed by atoms with Crippen LogP contribution in [0.15, 0.2) is 72.8 Å². The monoisotopic (exact) mass is 544 g/mol. The van der Waals surface area contributed by atoms with Crippen molar-refractivity contribution in [2.24, 2.45) is 0 Å². The molecule has 2 aromatic carbocycles. The minimum absolute atomic E-state index is 0.00367. The number of ether oxygens (including phenoxy) is 1. The van der Waals surface area contributed by atoms with E-state index in [1.807, 2.05) is 53.1 Å². The number of esters is 1. The van der Waals surface area contributed by atoms with E-state index in [-0.39, 0.29) is 24.5 Å². The van der Waals surface area contributed by atoms with Crippen LogP contribution in [0.1, 0.15) is 71.2 Å².